The van der Waals surface area contributed by atoms with Crippen molar-refractivity contribution in [1.82, 2.24) is 20.4 Å². The molecule has 0 saturated carbocycles. The number of carbonyl (C=O) groups excluding carboxylic acids is 1. The van der Waals surface area contributed by atoms with E-state index in [-0.39, 0.29) is 5.82 Å². The van der Waals surface area contributed by atoms with Crippen LogP contribution in [0.2, 0.25) is 0 Å². The summed E-state index contributed by atoms with van der Waals surface area (Å²) >= 11 is 0. The topological polar surface area (TPSA) is 89.8 Å². The summed E-state index contributed by atoms with van der Waals surface area (Å²) in [5.74, 6) is 0.307. The summed E-state index contributed by atoms with van der Waals surface area (Å²) in [4.78, 5) is 30.3. The number of nitrogens with one attached hydrogen (secondary N) is 1. The third kappa shape index (κ3) is 4.88. The van der Waals surface area contributed by atoms with E-state index in [2.05, 4.69) is 25.5 Å². The highest BCUT2D eigenvalue weighted by atomic mass is 16.2. The number of hydrogen-bond donors (Lipinski definition) is 1. The average molecular weight is 356 g/mol. The average Bonchev–Trinajstić information content (AvgIpc) is 2.61. The molecule has 0 aliphatic heterocycles. The van der Waals surface area contributed by atoms with Gasteiger partial charge in [-0.15, -0.1) is 0 Å². The molecule has 9 nitrogen and oxygen atoms in total. The summed E-state index contributed by atoms with van der Waals surface area (Å²) in [5, 5.41) is 3.98. The summed E-state index contributed by atoms with van der Waals surface area (Å²) in [6, 6.07) is 7.79. The van der Waals surface area contributed by atoms with E-state index in [1.807, 2.05) is 43.3 Å². The zero-order valence-electron chi connectivity index (χ0n) is 15.9. The lowest BCUT2D eigenvalue weighted by Crippen LogP contribution is -2.25. The molecule has 9 heteroatoms. The van der Waals surface area contributed by atoms with Crippen LogP contribution in [0.3, 0.4) is 0 Å². The molecule has 1 heterocycles. The van der Waals surface area contributed by atoms with Crippen LogP contribution in [0.25, 0.3) is 0 Å². The first-order valence-corrected chi connectivity index (χ1v) is 7.99. The summed E-state index contributed by atoms with van der Waals surface area (Å²) < 4.78 is 0. The zero-order valence-corrected chi connectivity index (χ0v) is 15.9. The number of hydrazone groups is 1. The van der Waals surface area contributed by atoms with Crippen molar-refractivity contribution in [2.75, 3.05) is 57.0 Å². The van der Waals surface area contributed by atoms with Gasteiger partial charge in [-0.1, -0.05) is 12.1 Å². The Labute approximate surface area is 153 Å². The highest BCUT2D eigenvalue weighted by Crippen LogP contribution is 2.11. The van der Waals surface area contributed by atoms with Crippen molar-refractivity contribution >= 4 is 29.7 Å². The highest BCUT2D eigenvalue weighted by Gasteiger charge is 2.15. The van der Waals surface area contributed by atoms with Gasteiger partial charge >= 0.3 is 5.91 Å². The second kappa shape index (κ2) is 8.24. The van der Waals surface area contributed by atoms with Crippen LogP contribution in [0, 0.1) is 0 Å². The SMILES string of the molecule is CN(C)c1ccc(C=NNC(=O)c2nc(N(C)C)nc(N(C)C)n2)cc1. The molecule has 0 aliphatic rings. The van der Waals surface area contributed by atoms with Gasteiger partial charge in [0.25, 0.3) is 0 Å². The largest absolute Gasteiger partial charge is 0.378 e. The van der Waals surface area contributed by atoms with Crippen molar-refractivity contribution in [2.45, 2.75) is 0 Å². The van der Waals surface area contributed by atoms with Crippen molar-refractivity contribution in [3.63, 3.8) is 0 Å². The van der Waals surface area contributed by atoms with Crippen LogP contribution in [0.15, 0.2) is 29.4 Å². The Morgan fingerprint density at radius 3 is 1.88 bits per heavy atom. The molecule has 138 valence electrons. The number of hydrogen-bond acceptors (Lipinski definition) is 8. The molecular formula is C17H24N8O. The van der Waals surface area contributed by atoms with E-state index >= 15 is 0 Å². The van der Waals surface area contributed by atoms with Crippen LogP contribution in [0.1, 0.15) is 16.2 Å². The first-order valence-electron chi connectivity index (χ1n) is 7.99. The van der Waals surface area contributed by atoms with Gasteiger partial charge in [0.15, 0.2) is 0 Å². The molecule has 26 heavy (non-hydrogen) atoms. The Kier molecular flexibility index (Phi) is 6.05. The first kappa shape index (κ1) is 19.1. The maximum Gasteiger partial charge on any atom is 0.309 e. The molecule has 0 spiro atoms. The highest BCUT2D eigenvalue weighted by molar-refractivity contribution is 5.92. The monoisotopic (exact) mass is 356 g/mol. The second-order valence-electron chi connectivity index (χ2n) is 6.23. The number of carbonyl (C=O) groups is 1. The molecule has 0 bridgehead atoms. The Balaban J connectivity index is 2.11. The quantitative estimate of drug-likeness (QED) is 0.606. The van der Waals surface area contributed by atoms with Gasteiger partial charge in [0.1, 0.15) is 0 Å². The van der Waals surface area contributed by atoms with E-state index < -0.39 is 5.91 Å². The standard InChI is InChI=1S/C17H24N8O/c1-23(2)13-9-7-12(8-10-13)11-18-22-15(26)14-19-16(24(3)4)21-17(20-14)25(5)6/h7-11H,1-6H3,(H,22,26). The van der Waals surface area contributed by atoms with Crippen LogP contribution in [-0.2, 0) is 0 Å². The van der Waals surface area contributed by atoms with E-state index in [9.17, 15) is 4.79 Å². The molecule has 1 aromatic heterocycles. The first-order chi connectivity index (χ1) is 12.3. The van der Waals surface area contributed by atoms with Crippen LogP contribution in [0.4, 0.5) is 17.6 Å². The lowest BCUT2D eigenvalue weighted by atomic mass is 10.2. The predicted octanol–water partition coefficient (Wildman–Crippen LogP) is 0.834. The molecule has 1 N–H and O–H groups in total. The van der Waals surface area contributed by atoms with Crippen LogP contribution in [-0.4, -0.2) is 69.4 Å². The molecule has 0 fully saturated rings. The van der Waals surface area contributed by atoms with E-state index in [0.717, 1.165) is 11.3 Å². The number of rotatable bonds is 6. The van der Waals surface area contributed by atoms with Gasteiger partial charge in [-0.25, -0.2) is 5.43 Å². The number of anilines is 3. The van der Waals surface area contributed by atoms with Crippen molar-refractivity contribution < 1.29 is 4.79 Å². The van der Waals surface area contributed by atoms with Gasteiger partial charge in [0, 0.05) is 48.0 Å². The molecule has 2 rings (SSSR count). The lowest BCUT2D eigenvalue weighted by Gasteiger charge is -2.15. The van der Waals surface area contributed by atoms with Gasteiger partial charge in [-0.3, -0.25) is 4.79 Å². The molecule has 0 aliphatic carbocycles. The Bertz CT molecular complexity index is 758. The minimum Gasteiger partial charge on any atom is -0.378 e. The van der Waals surface area contributed by atoms with Crippen LogP contribution >= 0.6 is 0 Å². The van der Waals surface area contributed by atoms with Crippen LogP contribution in [0.5, 0.6) is 0 Å². The second-order valence-corrected chi connectivity index (χ2v) is 6.23. The fourth-order valence-corrected chi connectivity index (χ4v) is 1.93. The van der Waals surface area contributed by atoms with Crippen molar-refractivity contribution in [1.29, 1.82) is 0 Å². The third-order valence-corrected chi connectivity index (χ3v) is 3.40. The Morgan fingerprint density at radius 2 is 1.42 bits per heavy atom. The number of nitrogens with zero attached hydrogens (tertiary/aromatic N) is 7. The van der Waals surface area contributed by atoms with E-state index in [0.29, 0.717) is 11.9 Å². The van der Waals surface area contributed by atoms with Gasteiger partial charge in [0.05, 0.1) is 6.21 Å². The molecule has 1 amide bonds. The smallest absolute Gasteiger partial charge is 0.309 e. The van der Waals surface area contributed by atoms with Crippen molar-refractivity contribution in [3.8, 4) is 0 Å². The normalized spacial score (nSPS) is 10.7. The zero-order chi connectivity index (χ0) is 19.3. The summed E-state index contributed by atoms with van der Waals surface area (Å²) in [6.07, 6.45) is 1.57. The maximum atomic E-state index is 12.3. The fraction of sp³-hybridized carbons (Fsp3) is 0.353. The van der Waals surface area contributed by atoms with Crippen molar-refractivity contribution in [3.05, 3.63) is 35.7 Å². The summed E-state index contributed by atoms with van der Waals surface area (Å²) in [7, 11) is 11.1. The molecule has 0 radical (unpaired) electrons. The molecule has 1 aromatic carbocycles. The Hall–Kier alpha value is -3.23. The molecule has 0 atom stereocenters. The number of benzene rings is 1. The molecule has 0 saturated heterocycles. The maximum absolute atomic E-state index is 12.3. The van der Waals surface area contributed by atoms with E-state index in [1.165, 1.54) is 0 Å². The Morgan fingerprint density at radius 1 is 0.885 bits per heavy atom. The minimum absolute atomic E-state index is 0.00695. The fourth-order valence-electron chi connectivity index (χ4n) is 1.93. The third-order valence-electron chi connectivity index (χ3n) is 3.40. The molecule has 2 aromatic rings. The number of amides is 1. The van der Waals surface area contributed by atoms with Crippen molar-refractivity contribution in [2.24, 2.45) is 5.10 Å². The molecular weight excluding hydrogens is 332 g/mol. The minimum atomic E-state index is -0.500. The molecule has 0 unspecified atom stereocenters. The van der Waals surface area contributed by atoms with Gasteiger partial charge in [-0.2, -0.15) is 20.1 Å². The summed E-state index contributed by atoms with van der Waals surface area (Å²) in [6.45, 7) is 0. The van der Waals surface area contributed by atoms with E-state index in [1.54, 1.807) is 44.2 Å². The summed E-state index contributed by atoms with van der Waals surface area (Å²) in [5.41, 5.74) is 4.40. The van der Waals surface area contributed by atoms with Crippen LogP contribution < -0.4 is 20.1 Å². The van der Waals surface area contributed by atoms with E-state index in [4.69, 9.17) is 0 Å². The number of aromatic nitrogens is 3. The van der Waals surface area contributed by atoms with Gasteiger partial charge < -0.3 is 14.7 Å². The lowest BCUT2D eigenvalue weighted by molar-refractivity contribution is 0.0944. The predicted molar refractivity (Wildman–Crippen MR) is 104 cm³/mol. The van der Waals surface area contributed by atoms with Gasteiger partial charge in [-0.05, 0) is 17.7 Å². The van der Waals surface area contributed by atoms with Gasteiger partial charge in [0.2, 0.25) is 17.7 Å².